The number of anilines is 1. The number of aromatic amines is 1. The van der Waals surface area contributed by atoms with E-state index in [0.717, 1.165) is 37.0 Å². The largest absolute Gasteiger partial charge is 0.479 e. The number of hydrogen-bond acceptors (Lipinski definition) is 7. The average Bonchev–Trinajstić information content (AvgIpc) is 3.32. The molecule has 0 radical (unpaired) electrons. The molecular weight excluding hydrogens is 476 g/mol. The van der Waals surface area contributed by atoms with Crippen molar-refractivity contribution < 1.29 is 19.8 Å². The van der Waals surface area contributed by atoms with Crippen LogP contribution in [0.2, 0.25) is 0 Å². The lowest BCUT2D eigenvalue weighted by atomic mass is 9.85. The Balaban J connectivity index is 1.88. The number of aliphatic carboxylic acids is 1. The summed E-state index contributed by atoms with van der Waals surface area (Å²) >= 11 is 1.58. The van der Waals surface area contributed by atoms with Crippen molar-refractivity contribution in [2.75, 3.05) is 43.8 Å². The molecular formula is C27H32N4O4S. The second-order valence-corrected chi connectivity index (χ2v) is 9.91. The van der Waals surface area contributed by atoms with Crippen molar-refractivity contribution >= 4 is 34.7 Å². The number of likely N-dealkylation sites (tertiary alicyclic amines) is 1. The first-order chi connectivity index (χ1) is 17.5. The van der Waals surface area contributed by atoms with Gasteiger partial charge >= 0.3 is 5.97 Å². The fourth-order valence-corrected chi connectivity index (χ4v) is 5.02. The Kier molecular flexibility index (Phi) is 8.54. The Morgan fingerprint density at radius 1 is 1.28 bits per heavy atom. The number of nitrogens with zero attached hydrogens (tertiary/aromatic N) is 3. The zero-order chi connectivity index (χ0) is 25.5. The smallest absolute Gasteiger partial charge is 0.336 e. The number of nitrogens with one attached hydrogen (secondary N) is 1. The SMILES string of the molecule is CSCC[C@@](C(=O)O)(c1cccc(C#CCO)c1)N(OC1CCN(C)CC1)c1nc2ccccc2[nH]1. The van der Waals surface area contributed by atoms with Gasteiger partial charge in [-0.3, -0.25) is 4.84 Å². The number of fused-ring (bicyclic) bond motifs is 1. The highest BCUT2D eigenvalue weighted by Crippen LogP contribution is 2.39. The molecule has 190 valence electrons. The zero-order valence-electron chi connectivity index (χ0n) is 20.6. The Hall–Kier alpha value is -3.03. The Labute approximate surface area is 215 Å². The number of carbonyl (C=O) groups is 1. The lowest BCUT2D eigenvalue weighted by molar-refractivity contribution is -0.151. The highest BCUT2D eigenvalue weighted by molar-refractivity contribution is 7.98. The Morgan fingerprint density at radius 3 is 2.75 bits per heavy atom. The number of piperidine rings is 1. The van der Waals surface area contributed by atoms with E-state index in [2.05, 4.69) is 28.8 Å². The molecule has 0 aliphatic carbocycles. The molecule has 4 rings (SSSR count). The highest BCUT2D eigenvalue weighted by atomic mass is 32.2. The average molecular weight is 509 g/mol. The van der Waals surface area contributed by atoms with Crippen molar-refractivity contribution in [3.05, 3.63) is 59.7 Å². The number of benzene rings is 2. The van der Waals surface area contributed by atoms with Gasteiger partial charge in [0.05, 0.1) is 17.1 Å². The molecule has 3 N–H and O–H groups in total. The second-order valence-electron chi connectivity index (χ2n) is 8.93. The number of carboxylic acids is 1. The maximum atomic E-state index is 13.3. The second kappa shape index (κ2) is 11.8. The van der Waals surface area contributed by atoms with Crippen molar-refractivity contribution in [3.8, 4) is 11.8 Å². The topological polar surface area (TPSA) is 102 Å². The fraction of sp³-hybridized carbons (Fsp3) is 0.407. The van der Waals surface area contributed by atoms with Crippen LogP contribution in [0.5, 0.6) is 0 Å². The summed E-state index contributed by atoms with van der Waals surface area (Å²) in [4.78, 5) is 30.2. The van der Waals surface area contributed by atoms with E-state index in [-0.39, 0.29) is 19.1 Å². The monoisotopic (exact) mass is 508 g/mol. The molecule has 1 aliphatic heterocycles. The third-order valence-electron chi connectivity index (χ3n) is 6.51. The van der Waals surface area contributed by atoms with E-state index >= 15 is 0 Å². The molecule has 1 saturated heterocycles. The number of imidazole rings is 1. The van der Waals surface area contributed by atoms with E-state index in [9.17, 15) is 9.90 Å². The van der Waals surface area contributed by atoms with Gasteiger partial charge in [0, 0.05) is 18.7 Å². The molecule has 36 heavy (non-hydrogen) atoms. The number of H-pyrrole nitrogens is 1. The van der Waals surface area contributed by atoms with Gasteiger partial charge in [-0.05, 0) is 68.1 Å². The van der Waals surface area contributed by atoms with Crippen molar-refractivity contribution in [3.63, 3.8) is 0 Å². The van der Waals surface area contributed by atoms with Crippen LogP contribution in [0.15, 0.2) is 48.5 Å². The van der Waals surface area contributed by atoms with Crippen molar-refractivity contribution in [1.29, 1.82) is 0 Å². The van der Waals surface area contributed by atoms with Crippen LogP contribution in [0.4, 0.5) is 5.95 Å². The molecule has 3 aromatic rings. The number of hydroxylamine groups is 1. The van der Waals surface area contributed by atoms with Gasteiger partial charge in [0.2, 0.25) is 5.95 Å². The van der Waals surface area contributed by atoms with E-state index in [1.807, 2.05) is 30.5 Å². The summed E-state index contributed by atoms with van der Waals surface area (Å²) in [7, 11) is 2.08. The molecule has 9 heteroatoms. The van der Waals surface area contributed by atoms with E-state index in [4.69, 9.17) is 14.9 Å². The van der Waals surface area contributed by atoms with Crippen LogP contribution in [0.3, 0.4) is 0 Å². The Bertz CT molecular complexity index is 1210. The number of para-hydroxylation sites is 2. The van der Waals surface area contributed by atoms with Crippen LogP contribution in [-0.4, -0.2) is 75.9 Å². The molecule has 2 aromatic carbocycles. The van der Waals surface area contributed by atoms with Gasteiger partial charge in [-0.1, -0.05) is 36.1 Å². The number of aliphatic hydroxyl groups excluding tert-OH is 1. The summed E-state index contributed by atoms with van der Waals surface area (Å²) in [5.41, 5.74) is 1.15. The third kappa shape index (κ3) is 5.52. The molecule has 1 fully saturated rings. The summed E-state index contributed by atoms with van der Waals surface area (Å²) in [6, 6.07) is 14.8. The van der Waals surface area contributed by atoms with Crippen molar-refractivity contribution in [1.82, 2.24) is 14.9 Å². The maximum Gasteiger partial charge on any atom is 0.336 e. The molecule has 0 spiro atoms. The quantitative estimate of drug-likeness (QED) is 0.298. The van der Waals surface area contributed by atoms with Gasteiger partial charge in [-0.25, -0.2) is 9.78 Å². The molecule has 1 aliphatic rings. The molecule has 2 heterocycles. The summed E-state index contributed by atoms with van der Waals surface area (Å²) in [5, 5.41) is 21.5. The van der Waals surface area contributed by atoms with Gasteiger partial charge in [0.25, 0.3) is 0 Å². The van der Waals surface area contributed by atoms with Crippen LogP contribution < -0.4 is 5.06 Å². The first kappa shape index (κ1) is 26.0. The molecule has 8 nitrogen and oxygen atoms in total. The maximum absolute atomic E-state index is 13.3. The number of aliphatic hydroxyl groups is 1. The normalized spacial score (nSPS) is 16.3. The highest BCUT2D eigenvalue weighted by Gasteiger charge is 2.49. The first-order valence-electron chi connectivity index (χ1n) is 12.0. The van der Waals surface area contributed by atoms with Gasteiger partial charge in [-0.15, -0.1) is 0 Å². The molecule has 1 aromatic heterocycles. The number of hydrogen-bond donors (Lipinski definition) is 3. The molecule has 0 unspecified atom stereocenters. The number of thioether (sulfide) groups is 1. The lowest BCUT2D eigenvalue weighted by Crippen LogP contribution is -2.55. The van der Waals surface area contributed by atoms with Crippen LogP contribution >= 0.6 is 11.8 Å². The predicted molar refractivity (Wildman–Crippen MR) is 143 cm³/mol. The van der Waals surface area contributed by atoms with Crippen molar-refractivity contribution in [2.45, 2.75) is 30.9 Å². The first-order valence-corrected chi connectivity index (χ1v) is 13.4. The van der Waals surface area contributed by atoms with Crippen LogP contribution in [-0.2, 0) is 15.2 Å². The number of aromatic nitrogens is 2. The van der Waals surface area contributed by atoms with E-state index < -0.39 is 11.5 Å². The third-order valence-corrected chi connectivity index (χ3v) is 7.12. The summed E-state index contributed by atoms with van der Waals surface area (Å²) in [6.07, 6.45) is 3.66. The van der Waals surface area contributed by atoms with E-state index in [1.54, 1.807) is 36.0 Å². The fourth-order valence-electron chi connectivity index (χ4n) is 4.52. The molecule has 1 atom stereocenters. The minimum atomic E-state index is -1.56. The van der Waals surface area contributed by atoms with Gasteiger partial charge in [-0.2, -0.15) is 16.8 Å². The summed E-state index contributed by atoms with van der Waals surface area (Å²) in [6.45, 7) is 1.47. The molecule has 0 bridgehead atoms. The minimum absolute atomic E-state index is 0.153. The number of carboxylic acid groups (broad SMARTS) is 1. The molecule has 0 saturated carbocycles. The minimum Gasteiger partial charge on any atom is -0.479 e. The van der Waals surface area contributed by atoms with Crippen LogP contribution in [0.25, 0.3) is 11.0 Å². The Morgan fingerprint density at radius 2 is 2.06 bits per heavy atom. The van der Waals surface area contributed by atoms with Gasteiger partial charge in [0.1, 0.15) is 6.61 Å². The van der Waals surface area contributed by atoms with E-state index in [1.165, 1.54) is 5.06 Å². The van der Waals surface area contributed by atoms with Gasteiger partial charge in [0.15, 0.2) is 5.54 Å². The summed E-state index contributed by atoms with van der Waals surface area (Å²) < 4.78 is 0. The van der Waals surface area contributed by atoms with E-state index in [0.29, 0.717) is 22.8 Å². The van der Waals surface area contributed by atoms with Crippen LogP contribution in [0, 0.1) is 11.8 Å². The van der Waals surface area contributed by atoms with Gasteiger partial charge < -0.3 is 20.1 Å². The lowest BCUT2D eigenvalue weighted by Gasteiger charge is -2.42. The summed E-state index contributed by atoms with van der Waals surface area (Å²) in [5.74, 6) is 5.46. The molecule has 0 amide bonds. The zero-order valence-corrected chi connectivity index (χ0v) is 21.4. The van der Waals surface area contributed by atoms with Crippen LogP contribution in [0.1, 0.15) is 30.4 Å². The number of rotatable bonds is 9. The van der Waals surface area contributed by atoms with Crippen molar-refractivity contribution in [2.24, 2.45) is 0 Å². The predicted octanol–water partition coefficient (Wildman–Crippen LogP) is 3.47. The standard InChI is InChI=1S/C27H32N4O4S/c1-30-15-12-22(13-16-30)35-31(26-28-23-10-3-4-11-24(23)29-26)27(25(33)34,14-18-36-2)21-9-5-7-20(19-21)8-6-17-32/h3-5,7,9-11,19,22,32H,12-18H2,1-2H3,(H,28,29)(H,33,34)/t27-/m0/s1.